The monoisotopic (exact) mass is 851 g/mol. The number of rotatable bonds is 7. The van der Waals surface area contributed by atoms with Crippen LogP contribution < -0.4 is 0 Å². The lowest BCUT2D eigenvalue weighted by Gasteiger charge is -2.24. The number of benzene rings is 8. The SMILES string of the molecule is Cc1cccc(-c2ccc3c(c2)c2ccccc2n3-c2c(-c3ccccc3C(F)(F)F)cc(-c3nc(-c4ccccc4)cc(-c4ccccc4)n3)cc2-c2ccccc2C(F)(F)F)c1. The molecular formula is C55H35F6N3. The second-order valence-corrected chi connectivity index (χ2v) is 15.7. The molecule has 0 bridgehead atoms. The van der Waals surface area contributed by atoms with Crippen molar-refractivity contribution in [2.75, 3.05) is 0 Å². The molecule has 0 unspecified atom stereocenters. The second-order valence-electron chi connectivity index (χ2n) is 15.7. The second kappa shape index (κ2) is 15.8. The molecule has 0 fully saturated rings. The Morgan fingerprint density at radius 1 is 0.375 bits per heavy atom. The third-order valence-corrected chi connectivity index (χ3v) is 11.5. The fourth-order valence-corrected chi connectivity index (χ4v) is 8.65. The summed E-state index contributed by atoms with van der Waals surface area (Å²) in [5.41, 5.74) is 4.77. The molecule has 0 saturated carbocycles. The number of para-hydroxylation sites is 1. The van der Waals surface area contributed by atoms with E-state index in [4.69, 9.17) is 9.97 Å². The Hall–Kier alpha value is -7.78. The summed E-state index contributed by atoms with van der Waals surface area (Å²) in [5, 5.41) is 1.54. The van der Waals surface area contributed by atoms with Gasteiger partial charge in [-0.25, -0.2) is 9.97 Å². The average molecular weight is 852 g/mol. The molecule has 0 spiro atoms. The van der Waals surface area contributed by atoms with Gasteiger partial charge in [0.1, 0.15) is 0 Å². The van der Waals surface area contributed by atoms with Crippen molar-refractivity contribution in [2.24, 2.45) is 0 Å². The first kappa shape index (κ1) is 40.3. The first-order valence-electron chi connectivity index (χ1n) is 20.5. The molecule has 2 aromatic heterocycles. The van der Waals surface area contributed by atoms with Gasteiger partial charge >= 0.3 is 12.4 Å². The van der Waals surface area contributed by atoms with Gasteiger partial charge in [-0.1, -0.05) is 151 Å². The van der Waals surface area contributed by atoms with Gasteiger partial charge < -0.3 is 4.57 Å². The predicted molar refractivity (Wildman–Crippen MR) is 244 cm³/mol. The normalized spacial score (nSPS) is 12.0. The minimum Gasteiger partial charge on any atom is -0.308 e. The maximum absolute atomic E-state index is 15.3. The van der Waals surface area contributed by atoms with E-state index in [1.807, 2.05) is 134 Å². The minimum absolute atomic E-state index is 0.0396. The molecule has 0 radical (unpaired) electrons. The zero-order valence-corrected chi connectivity index (χ0v) is 34.1. The van der Waals surface area contributed by atoms with Crippen LogP contribution in [0.4, 0.5) is 26.3 Å². The highest BCUT2D eigenvalue weighted by atomic mass is 19.4. The van der Waals surface area contributed by atoms with Gasteiger partial charge in [-0.05, 0) is 77.7 Å². The third kappa shape index (κ3) is 7.38. The van der Waals surface area contributed by atoms with Crippen LogP contribution in [-0.4, -0.2) is 14.5 Å². The van der Waals surface area contributed by atoms with Crippen LogP contribution in [0, 0.1) is 6.92 Å². The molecule has 8 aromatic carbocycles. The molecule has 0 aliphatic carbocycles. The van der Waals surface area contributed by atoms with Gasteiger partial charge in [-0.3, -0.25) is 0 Å². The summed E-state index contributed by atoms with van der Waals surface area (Å²) in [5.74, 6) is 0.119. The maximum atomic E-state index is 15.3. The summed E-state index contributed by atoms with van der Waals surface area (Å²) in [4.78, 5) is 9.97. The smallest absolute Gasteiger partial charge is 0.308 e. The Kier molecular flexibility index (Phi) is 9.98. The molecular weight excluding hydrogens is 817 g/mol. The standard InChI is InChI=1S/C55H35F6N3/c1-34-15-14-20-37(29-34)38-27-28-51-43(30-38)42-23-10-13-26-50(42)64(51)52-44(40-21-8-11-24-46(40)54(56,57)58)31-39(32-45(52)41-22-9-12-25-47(41)55(59,60)61)53-62-48(35-16-4-2-5-17-35)33-49(63-53)36-18-6-3-7-19-36/h2-33H,1H3. The highest BCUT2D eigenvalue weighted by Crippen LogP contribution is 2.49. The lowest BCUT2D eigenvalue weighted by molar-refractivity contribution is -0.137. The number of halogens is 6. The summed E-state index contributed by atoms with van der Waals surface area (Å²) in [7, 11) is 0. The van der Waals surface area contributed by atoms with Crippen molar-refractivity contribution in [1.82, 2.24) is 14.5 Å². The number of aryl methyl sites for hydroxylation is 1. The van der Waals surface area contributed by atoms with Gasteiger partial charge in [-0.15, -0.1) is 0 Å². The number of hydrogen-bond acceptors (Lipinski definition) is 2. The lowest BCUT2D eigenvalue weighted by atomic mass is 9.88. The van der Waals surface area contributed by atoms with E-state index in [-0.39, 0.29) is 39.3 Å². The molecule has 10 rings (SSSR count). The highest BCUT2D eigenvalue weighted by Gasteiger charge is 2.37. The minimum atomic E-state index is -4.83. The summed E-state index contributed by atoms with van der Waals surface area (Å²) in [6.07, 6.45) is -9.66. The summed E-state index contributed by atoms with van der Waals surface area (Å²) < 4.78 is 93.7. The van der Waals surface area contributed by atoms with Crippen LogP contribution >= 0.6 is 0 Å². The number of fused-ring (bicyclic) bond motifs is 3. The van der Waals surface area contributed by atoms with Gasteiger partial charge in [0.2, 0.25) is 0 Å². The van der Waals surface area contributed by atoms with Crippen LogP contribution in [0.15, 0.2) is 194 Å². The van der Waals surface area contributed by atoms with E-state index >= 15 is 26.3 Å². The molecule has 0 amide bonds. The zero-order valence-electron chi connectivity index (χ0n) is 34.1. The van der Waals surface area contributed by atoms with Crippen molar-refractivity contribution < 1.29 is 26.3 Å². The Balaban J connectivity index is 1.37. The van der Waals surface area contributed by atoms with E-state index in [0.717, 1.165) is 50.7 Å². The number of nitrogens with zero attached hydrogens (tertiary/aromatic N) is 3. The van der Waals surface area contributed by atoms with Gasteiger partial charge in [0.15, 0.2) is 5.82 Å². The molecule has 0 aliphatic heterocycles. The number of hydrogen-bond donors (Lipinski definition) is 0. The quantitative estimate of drug-likeness (QED) is 0.150. The van der Waals surface area contributed by atoms with E-state index in [2.05, 4.69) is 6.07 Å². The van der Waals surface area contributed by atoms with Crippen molar-refractivity contribution in [1.29, 1.82) is 0 Å². The van der Waals surface area contributed by atoms with Crippen molar-refractivity contribution >= 4 is 21.8 Å². The van der Waals surface area contributed by atoms with Crippen LogP contribution in [0.25, 0.3) is 94.8 Å². The van der Waals surface area contributed by atoms with E-state index in [1.54, 1.807) is 16.7 Å². The fourth-order valence-electron chi connectivity index (χ4n) is 8.65. The van der Waals surface area contributed by atoms with Crippen molar-refractivity contribution in [3.05, 3.63) is 211 Å². The predicted octanol–water partition coefficient (Wildman–Crippen LogP) is 15.9. The number of aromatic nitrogens is 3. The van der Waals surface area contributed by atoms with Crippen molar-refractivity contribution in [3.8, 4) is 73.0 Å². The van der Waals surface area contributed by atoms with Crippen LogP contribution in [0.2, 0.25) is 0 Å². The lowest BCUT2D eigenvalue weighted by Crippen LogP contribution is -2.11. The van der Waals surface area contributed by atoms with E-state index in [1.165, 1.54) is 36.4 Å². The molecule has 0 N–H and O–H groups in total. The molecule has 9 heteroatoms. The summed E-state index contributed by atoms with van der Waals surface area (Å²) in [6.45, 7) is 2.00. The van der Waals surface area contributed by atoms with Crippen molar-refractivity contribution in [2.45, 2.75) is 19.3 Å². The van der Waals surface area contributed by atoms with Crippen molar-refractivity contribution in [3.63, 3.8) is 0 Å². The largest absolute Gasteiger partial charge is 0.417 e. The van der Waals surface area contributed by atoms with Gasteiger partial charge in [0.25, 0.3) is 0 Å². The zero-order chi connectivity index (χ0) is 44.2. The van der Waals surface area contributed by atoms with Gasteiger partial charge in [0, 0.05) is 38.6 Å². The fraction of sp³-hybridized carbons (Fsp3) is 0.0545. The Labute approximate surface area is 364 Å². The maximum Gasteiger partial charge on any atom is 0.417 e. The molecule has 3 nitrogen and oxygen atoms in total. The average Bonchev–Trinajstić information content (AvgIpc) is 3.64. The Morgan fingerprint density at radius 2 is 0.859 bits per heavy atom. The molecule has 312 valence electrons. The third-order valence-electron chi connectivity index (χ3n) is 11.5. The van der Waals surface area contributed by atoms with E-state index < -0.39 is 23.5 Å². The Bertz CT molecular complexity index is 3230. The van der Waals surface area contributed by atoms with Crippen LogP contribution in [-0.2, 0) is 12.4 Å². The molecule has 0 aliphatic rings. The molecule has 0 saturated heterocycles. The number of alkyl halides is 6. The van der Waals surface area contributed by atoms with E-state index in [0.29, 0.717) is 22.4 Å². The molecule has 10 aromatic rings. The van der Waals surface area contributed by atoms with Crippen LogP contribution in [0.5, 0.6) is 0 Å². The van der Waals surface area contributed by atoms with Crippen LogP contribution in [0.3, 0.4) is 0 Å². The molecule has 2 heterocycles. The van der Waals surface area contributed by atoms with Gasteiger partial charge in [-0.2, -0.15) is 26.3 Å². The summed E-state index contributed by atoms with van der Waals surface area (Å²) >= 11 is 0. The first-order chi connectivity index (χ1) is 30.9. The highest BCUT2D eigenvalue weighted by molar-refractivity contribution is 6.12. The summed E-state index contributed by atoms with van der Waals surface area (Å²) in [6, 6.07) is 55.4. The van der Waals surface area contributed by atoms with Gasteiger partial charge in [0.05, 0.1) is 39.2 Å². The van der Waals surface area contributed by atoms with Crippen LogP contribution in [0.1, 0.15) is 16.7 Å². The first-order valence-corrected chi connectivity index (χ1v) is 20.5. The molecule has 0 atom stereocenters. The molecule has 64 heavy (non-hydrogen) atoms. The topological polar surface area (TPSA) is 30.7 Å². The Morgan fingerprint density at radius 3 is 1.42 bits per heavy atom. The van der Waals surface area contributed by atoms with E-state index in [9.17, 15) is 0 Å².